The van der Waals surface area contributed by atoms with E-state index in [9.17, 15) is 4.79 Å². The maximum Gasteiger partial charge on any atom is 0.364 e. The molecule has 0 unspecified atom stereocenters. The van der Waals surface area contributed by atoms with Gasteiger partial charge in [-0.2, -0.15) is 0 Å². The van der Waals surface area contributed by atoms with Crippen LogP contribution in [0.5, 0.6) is 0 Å². The van der Waals surface area contributed by atoms with Gasteiger partial charge in [-0.1, -0.05) is 42.0 Å². The predicted molar refractivity (Wildman–Crippen MR) is 108 cm³/mol. The lowest BCUT2D eigenvalue weighted by molar-refractivity contribution is -0.271. The number of nitrogens with zero attached hydrogens (tertiary/aromatic N) is 1. The van der Waals surface area contributed by atoms with E-state index >= 15 is 0 Å². The van der Waals surface area contributed by atoms with Gasteiger partial charge in [0.2, 0.25) is 0 Å². The van der Waals surface area contributed by atoms with E-state index in [0.717, 1.165) is 38.6 Å². The Hall–Kier alpha value is -1.50. The van der Waals surface area contributed by atoms with Crippen LogP contribution in [0, 0.1) is 5.92 Å². The highest BCUT2D eigenvalue weighted by atomic mass is 32.2. The Morgan fingerprint density at radius 2 is 2.19 bits per heavy atom. The van der Waals surface area contributed by atoms with Gasteiger partial charge >= 0.3 is 5.97 Å². The number of aliphatic carboxylic acids is 1. The summed E-state index contributed by atoms with van der Waals surface area (Å²) in [6.45, 7) is 3.38. The van der Waals surface area contributed by atoms with E-state index < -0.39 is 11.8 Å². The van der Waals surface area contributed by atoms with Crippen LogP contribution in [-0.4, -0.2) is 41.5 Å². The number of rotatable bonds is 8. The average molecular weight is 392 g/mol. The molecular formula is C21H29NO4S. The second kappa shape index (κ2) is 9.62. The molecule has 0 aromatic rings. The van der Waals surface area contributed by atoms with Crippen LogP contribution in [0.15, 0.2) is 46.5 Å². The molecule has 27 heavy (non-hydrogen) atoms. The molecule has 3 aliphatic rings. The van der Waals surface area contributed by atoms with Gasteiger partial charge in [-0.05, 0) is 31.1 Å². The molecule has 0 radical (unpaired) electrons. The highest BCUT2D eigenvalue weighted by Gasteiger charge is 2.40. The van der Waals surface area contributed by atoms with Gasteiger partial charge in [0.25, 0.3) is 5.79 Å². The monoisotopic (exact) mass is 391 g/mol. The van der Waals surface area contributed by atoms with Crippen molar-refractivity contribution in [2.45, 2.75) is 51.2 Å². The first kappa shape index (κ1) is 20.2. The third kappa shape index (κ3) is 5.99. The van der Waals surface area contributed by atoms with Crippen molar-refractivity contribution in [3.05, 3.63) is 46.5 Å². The number of thioether (sulfide) groups is 1. The molecule has 1 aliphatic carbocycles. The fraction of sp³-hybridized carbons (Fsp3) is 0.571. The topological polar surface area (TPSA) is 59.0 Å². The van der Waals surface area contributed by atoms with Crippen molar-refractivity contribution in [1.29, 1.82) is 0 Å². The third-order valence-electron chi connectivity index (χ3n) is 5.14. The summed E-state index contributed by atoms with van der Waals surface area (Å²) >= 11 is 1.82. The van der Waals surface area contributed by atoms with Crippen molar-refractivity contribution in [3.63, 3.8) is 0 Å². The van der Waals surface area contributed by atoms with E-state index in [-0.39, 0.29) is 5.92 Å². The highest BCUT2D eigenvalue weighted by Crippen LogP contribution is 2.31. The summed E-state index contributed by atoms with van der Waals surface area (Å²) in [7, 11) is 0. The first-order valence-corrected chi connectivity index (χ1v) is 10.6. The Bertz CT molecular complexity index is 645. The van der Waals surface area contributed by atoms with Gasteiger partial charge in [0.05, 0.1) is 13.2 Å². The maximum absolute atomic E-state index is 11.1. The predicted octanol–water partition coefficient (Wildman–Crippen LogP) is 4.65. The van der Waals surface area contributed by atoms with Gasteiger partial charge in [0, 0.05) is 43.1 Å². The second-order valence-electron chi connectivity index (χ2n) is 7.44. The SMILES string of the molecule is CC1(C(=O)O)OCC(CCCCN2C=CSC(CC3=CC=CCC3)=C2)CO1. The Morgan fingerprint density at radius 3 is 2.89 bits per heavy atom. The Kier molecular flexibility index (Phi) is 7.21. The fourth-order valence-corrected chi connectivity index (χ4v) is 4.22. The van der Waals surface area contributed by atoms with E-state index in [1.54, 1.807) is 0 Å². The zero-order chi connectivity index (χ0) is 19.1. The largest absolute Gasteiger partial charge is 0.477 e. The summed E-state index contributed by atoms with van der Waals surface area (Å²) in [6, 6.07) is 0. The van der Waals surface area contributed by atoms with E-state index in [0.29, 0.717) is 13.2 Å². The molecule has 6 heteroatoms. The molecule has 2 heterocycles. The van der Waals surface area contributed by atoms with E-state index in [1.165, 1.54) is 23.8 Å². The molecule has 0 aromatic heterocycles. The van der Waals surface area contributed by atoms with Gasteiger partial charge in [-0.3, -0.25) is 0 Å². The molecule has 0 atom stereocenters. The van der Waals surface area contributed by atoms with Gasteiger partial charge in [-0.25, -0.2) is 4.79 Å². The van der Waals surface area contributed by atoms with Crippen molar-refractivity contribution in [1.82, 2.24) is 4.90 Å². The molecule has 1 N–H and O–H groups in total. The Labute approximate surface area is 165 Å². The van der Waals surface area contributed by atoms with Crippen LogP contribution in [-0.2, 0) is 14.3 Å². The number of allylic oxidation sites excluding steroid dienone is 5. The lowest BCUT2D eigenvalue weighted by Gasteiger charge is -2.34. The first-order valence-electron chi connectivity index (χ1n) is 9.71. The van der Waals surface area contributed by atoms with Crippen molar-refractivity contribution < 1.29 is 19.4 Å². The summed E-state index contributed by atoms with van der Waals surface area (Å²) in [5.74, 6) is -2.25. The molecule has 0 saturated carbocycles. The summed E-state index contributed by atoms with van der Waals surface area (Å²) in [6.07, 6.45) is 17.6. The minimum Gasteiger partial charge on any atom is -0.477 e. The number of unbranched alkanes of at least 4 members (excludes halogenated alkanes) is 1. The summed E-state index contributed by atoms with van der Waals surface area (Å²) in [5.41, 5.74) is 1.51. The summed E-state index contributed by atoms with van der Waals surface area (Å²) in [4.78, 5) is 14.8. The van der Waals surface area contributed by atoms with Gasteiger partial charge in [-0.15, -0.1) is 0 Å². The van der Waals surface area contributed by atoms with Crippen LogP contribution < -0.4 is 0 Å². The van der Waals surface area contributed by atoms with E-state index in [1.807, 2.05) is 11.8 Å². The van der Waals surface area contributed by atoms with Gasteiger partial charge in [0.15, 0.2) is 0 Å². The number of hydrogen-bond acceptors (Lipinski definition) is 5. The normalized spacial score (nSPS) is 28.0. The molecule has 2 aliphatic heterocycles. The highest BCUT2D eigenvalue weighted by molar-refractivity contribution is 8.05. The Morgan fingerprint density at radius 1 is 1.37 bits per heavy atom. The van der Waals surface area contributed by atoms with Crippen molar-refractivity contribution in [3.8, 4) is 0 Å². The van der Waals surface area contributed by atoms with Crippen LogP contribution in [0.2, 0.25) is 0 Å². The second-order valence-corrected chi connectivity index (χ2v) is 8.47. The molecular weight excluding hydrogens is 362 g/mol. The first-order chi connectivity index (χ1) is 13.0. The minimum atomic E-state index is -1.47. The quantitative estimate of drug-likeness (QED) is 0.608. The summed E-state index contributed by atoms with van der Waals surface area (Å²) < 4.78 is 10.8. The fourth-order valence-electron chi connectivity index (χ4n) is 3.37. The average Bonchev–Trinajstić information content (AvgIpc) is 2.68. The maximum atomic E-state index is 11.1. The molecule has 1 saturated heterocycles. The lowest BCUT2D eigenvalue weighted by Crippen LogP contribution is -2.47. The smallest absolute Gasteiger partial charge is 0.364 e. The van der Waals surface area contributed by atoms with E-state index in [2.05, 4.69) is 40.9 Å². The van der Waals surface area contributed by atoms with Gasteiger partial charge in [0.1, 0.15) is 0 Å². The molecule has 0 spiro atoms. The number of carbonyl (C=O) groups is 1. The molecule has 5 nitrogen and oxygen atoms in total. The van der Waals surface area contributed by atoms with E-state index in [4.69, 9.17) is 14.6 Å². The molecule has 3 rings (SSSR count). The third-order valence-corrected chi connectivity index (χ3v) is 5.95. The van der Waals surface area contributed by atoms with Crippen molar-refractivity contribution in [2.24, 2.45) is 5.92 Å². The van der Waals surface area contributed by atoms with Crippen LogP contribution in [0.25, 0.3) is 0 Å². The number of carboxylic acid groups (broad SMARTS) is 1. The van der Waals surface area contributed by atoms with Crippen LogP contribution in [0.3, 0.4) is 0 Å². The van der Waals surface area contributed by atoms with Crippen LogP contribution in [0.1, 0.15) is 45.4 Å². The molecule has 1 fully saturated rings. The molecule has 0 amide bonds. The number of hydrogen-bond donors (Lipinski definition) is 1. The van der Waals surface area contributed by atoms with Crippen molar-refractivity contribution in [2.75, 3.05) is 19.8 Å². The zero-order valence-electron chi connectivity index (χ0n) is 15.9. The molecule has 0 aromatic carbocycles. The molecule has 148 valence electrons. The lowest BCUT2D eigenvalue weighted by atomic mass is 10.0. The standard InChI is InChI=1S/C21H29NO4S/c1-21(20(23)24)25-15-18(16-26-21)9-5-6-10-22-11-12-27-19(14-22)13-17-7-3-2-4-8-17/h2-3,7,11-12,14,18H,4-6,8-10,13,15-16H2,1H3,(H,23,24). The van der Waals surface area contributed by atoms with Gasteiger partial charge < -0.3 is 19.5 Å². The summed E-state index contributed by atoms with van der Waals surface area (Å²) in [5, 5.41) is 11.3. The minimum absolute atomic E-state index is 0.280. The van der Waals surface area contributed by atoms with Crippen molar-refractivity contribution >= 4 is 17.7 Å². The van der Waals surface area contributed by atoms with Crippen LogP contribution >= 0.6 is 11.8 Å². The van der Waals surface area contributed by atoms with Crippen LogP contribution in [0.4, 0.5) is 0 Å². The molecule has 0 bridgehead atoms. The zero-order valence-corrected chi connectivity index (χ0v) is 16.7. The Balaban J connectivity index is 1.35. The number of ether oxygens (including phenoxy) is 2. The number of carboxylic acids is 1.